The molecule has 0 aliphatic heterocycles. The van der Waals surface area contributed by atoms with Gasteiger partial charge < -0.3 is 10.1 Å². The summed E-state index contributed by atoms with van der Waals surface area (Å²) in [7, 11) is 1.56. The second kappa shape index (κ2) is 5.24. The van der Waals surface area contributed by atoms with E-state index in [2.05, 4.69) is 21.2 Å². The largest absolute Gasteiger partial charge is 0.495 e. The Morgan fingerprint density at radius 3 is 3.15 bits per heavy atom. The zero-order valence-electron chi connectivity index (χ0n) is 7.17. The Kier molecular flexibility index (Phi) is 4.24. The lowest BCUT2D eigenvalue weighted by Gasteiger charge is -2.02. The molecule has 72 valence electrons. The van der Waals surface area contributed by atoms with E-state index in [9.17, 15) is 4.79 Å². The van der Waals surface area contributed by atoms with Crippen LogP contribution in [0.25, 0.3) is 0 Å². The summed E-state index contributed by atoms with van der Waals surface area (Å²) < 4.78 is 5.02. The van der Waals surface area contributed by atoms with Crippen LogP contribution in [0.5, 0.6) is 5.75 Å². The number of hydrogen-bond acceptors (Lipinski definition) is 3. The molecule has 1 amide bonds. The van der Waals surface area contributed by atoms with E-state index in [1.807, 2.05) is 5.38 Å². The molecular formula is C8H10BrNO2S. The summed E-state index contributed by atoms with van der Waals surface area (Å²) in [4.78, 5) is 12.1. The molecule has 0 atom stereocenters. The van der Waals surface area contributed by atoms with E-state index in [1.54, 1.807) is 13.2 Å². The van der Waals surface area contributed by atoms with Crippen molar-refractivity contribution in [2.45, 2.75) is 0 Å². The Bertz CT molecular complexity index is 287. The van der Waals surface area contributed by atoms with E-state index in [1.165, 1.54) is 11.3 Å². The van der Waals surface area contributed by atoms with Gasteiger partial charge in [0, 0.05) is 11.9 Å². The van der Waals surface area contributed by atoms with Gasteiger partial charge in [-0.2, -0.15) is 0 Å². The lowest BCUT2D eigenvalue weighted by atomic mass is 10.4. The molecule has 0 aliphatic carbocycles. The van der Waals surface area contributed by atoms with E-state index in [0.29, 0.717) is 17.2 Å². The standard InChI is InChI=1S/C8H10BrNO2S/c1-12-6-2-5-13-7(6)8(11)10-4-3-9/h2,5H,3-4H2,1H3,(H,10,11). The third kappa shape index (κ3) is 2.70. The van der Waals surface area contributed by atoms with Gasteiger partial charge in [0.2, 0.25) is 0 Å². The van der Waals surface area contributed by atoms with Crippen LogP contribution in [0.1, 0.15) is 9.67 Å². The van der Waals surface area contributed by atoms with Gasteiger partial charge in [-0.3, -0.25) is 4.79 Å². The maximum Gasteiger partial charge on any atom is 0.265 e. The Morgan fingerprint density at radius 1 is 1.77 bits per heavy atom. The van der Waals surface area contributed by atoms with Crippen molar-refractivity contribution < 1.29 is 9.53 Å². The predicted octanol–water partition coefficient (Wildman–Crippen LogP) is 1.88. The minimum Gasteiger partial charge on any atom is -0.495 e. The molecule has 0 saturated heterocycles. The van der Waals surface area contributed by atoms with E-state index in [0.717, 1.165) is 5.33 Å². The number of halogens is 1. The highest BCUT2D eigenvalue weighted by Gasteiger charge is 2.12. The lowest BCUT2D eigenvalue weighted by Crippen LogP contribution is -2.24. The first kappa shape index (κ1) is 10.5. The van der Waals surface area contributed by atoms with Crippen LogP contribution in [0.4, 0.5) is 0 Å². The summed E-state index contributed by atoms with van der Waals surface area (Å²) in [5.41, 5.74) is 0. The lowest BCUT2D eigenvalue weighted by molar-refractivity contribution is 0.0957. The zero-order valence-corrected chi connectivity index (χ0v) is 9.57. The fourth-order valence-corrected chi connectivity index (χ4v) is 1.84. The molecule has 1 aromatic rings. The van der Waals surface area contributed by atoms with Gasteiger partial charge in [-0.1, -0.05) is 15.9 Å². The number of rotatable bonds is 4. The van der Waals surface area contributed by atoms with Gasteiger partial charge in [0.15, 0.2) is 0 Å². The molecule has 1 heterocycles. The molecule has 1 N–H and O–H groups in total. The van der Waals surface area contributed by atoms with E-state index < -0.39 is 0 Å². The summed E-state index contributed by atoms with van der Waals surface area (Å²) >= 11 is 4.61. The van der Waals surface area contributed by atoms with Gasteiger partial charge in [0.05, 0.1) is 7.11 Å². The molecule has 0 saturated carbocycles. The molecule has 0 bridgehead atoms. The molecule has 3 nitrogen and oxygen atoms in total. The molecule has 13 heavy (non-hydrogen) atoms. The van der Waals surface area contributed by atoms with Gasteiger partial charge in [-0.15, -0.1) is 11.3 Å². The predicted molar refractivity (Wildman–Crippen MR) is 57.0 cm³/mol. The fraction of sp³-hybridized carbons (Fsp3) is 0.375. The van der Waals surface area contributed by atoms with Crippen molar-refractivity contribution in [3.8, 4) is 5.75 Å². The van der Waals surface area contributed by atoms with E-state index in [4.69, 9.17) is 4.74 Å². The molecule has 0 aromatic carbocycles. The molecule has 5 heteroatoms. The van der Waals surface area contributed by atoms with Crippen molar-refractivity contribution in [2.75, 3.05) is 19.0 Å². The molecule has 0 spiro atoms. The average molecular weight is 264 g/mol. The summed E-state index contributed by atoms with van der Waals surface area (Å²) in [6.07, 6.45) is 0. The Morgan fingerprint density at radius 2 is 2.54 bits per heavy atom. The van der Waals surface area contributed by atoms with Crippen LogP contribution in [-0.4, -0.2) is 24.9 Å². The van der Waals surface area contributed by atoms with Crippen LogP contribution in [0.15, 0.2) is 11.4 Å². The number of hydrogen-bond donors (Lipinski definition) is 1. The Hall–Kier alpha value is -0.550. The molecule has 0 radical (unpaired) electrons. The quantitative estimate of drug-likeness (QED) is 0.843. The number of nitrogens with one attached hydrogen (secondary N) is 1. The minimum atomic E-state index is -0.0775. The fourth-order valence-electron chi connectivity index (χ4n) is 0.865. The molecule has 1 rings (SSSR count). The Balaban J connectivity index is 2.65. The average Bonchev–Trinajstić information content (AvgIpc) is 2.61. The van der Waals surface area contributed by atoms with Gasteiger partial charge in [-0.05, 0) is 11.4 Å². The van der Waals surface area contributed by atoms with Crippen LogP contribution in [0, 0.1) is 0 Å². The molecule has 0 aliphatic rings. The first-order valence-corrected chi connectivity index (χ1v) is 5.75. The summed E-state index contributed by atoms with van der Waals surface area (Å²) in [5.74, 6) is 0.559. The van der Waals surface area contributed by atoms with Gasteiger partial charge in [-0.25, -0.2) is 0 Å². The number of ether oxygens (including phenoxy) is 1. The molecule has 0 fully saturated rings. The second-order valence-electron chi connectivity index (χ2n) is 2.26. The van der Waals surface area contributed by atoms with Crippen molar-refractivity contribution >= 4 is 33.2 Å². The van der Waals surface area contributed by atoms with Gasteiger partial charge in [0.25, 0.3) is 5.91 Å². The third-order valence-electron chi connectivity index (χ3n) is 1.44. The molecule has 1 aromatic heterocycles. The second-order valence-corrected chi connectivity index (χ2v) is 3.97. The number of alkyl halides is 1. The maximum absolute atomic E-state index is 11.4. The topological polar surface area (TPSA) is 38.3 Å². The molecule has 0 unspecified atom stereocenters. The summed E-state index contributed by atoms with van der Waals surface area (Å²) in [6.45, 7) is 0.625. The van der Waals surface area contributed by atoms with E-state index in [-0.39, 0.29) is 5.91 Å². The molecular weight excluding hydrogens is 254 g/mol. The highest BCUT2D eigenvalue weighted by Crippen LogP contribution is 2.23. The summed E-state index contributed by atoms with van der Waals surface area (Å²) in [5, 5.41) is 5.35. The maximum atomic E-state index is 11.4. The number of carbonyl (C=O) groups is 1. The van der Waals surface area contributed by atoms with Crippen LogP contribution in [0.2, 0.25) is 0 Å². The van der Waals surface area contributed by atoms with E-state index >= 15 is 0 Å². The van der Waals surface area contributed by atoms with Gasteiger partial charge >= 0.3 is 0 Å². The van der Waals surface area contributed by atoms with Gasteiger partial charge in [0.1, 0.15) is 10.6 Å². The normalized spacial score (nSPS) is 9.69. The zero-order chi connectivity index (χ0) is 9.68. The first-order valence-electron chi connectivity index (χ1n) is 3.75. The highest BCUT2D eigenvalue weighted by atomic mass is 79.9. The number of carbonyl (C=O) groups excluding carboxylic acids is 1. The van der Waals surface area contributed by atoms with Crippen LogP contribution < -0.4 is 10.1 Å². The number of methoxy groups -OCH3 is 1. The van der Waals surface area contributed by atoms with Crippen LogP contribution in [0.3, 0.4) is 0 Å². The van der Waals surface area contributed by atoms with Crippen molar-refractivity contribution in [3.05, 3.63) is 16.3 Å². The summed E-state index contributed by atoms with van der Waals surface area (Å²) in [6, 6.07) is 1.79. The number of amides is 1. The van der Waals surface area contributed by atoms with Crippen LogP contribution in [-0.2, 0) is 0 Å². The Labute approximate surface area is 89.2 Å². The highest BCUT2D eigenvalue weighted by molar-refractivity contribution is 9.09. The first-order chi connectivity index (χ1) is 6.29. The van der Waals surface area contributed by atoms with Crippen molar-refractivity contribution in [2.24, 2.45) is 0 Å². The monoisotopic (exact) mass is 263 g/mol. The third-order valence-corrected chi connectivity index (χ3v) is 2.73. The van der Waals surface area contributed by atoms with Crippen molar-refractivity contribution in [1.82, 2.24) is 5.32 Å². The number of thiophene rings is 1. The minimum absolute atomic E-state index is 0.0775. The van der Waals surface area contributed by atoms with Crippen molar-refractivity contribution in [1.29, 1.82) is 0 Å². The van der Waals surface area contributed by atoms with Crippen molar-refractivity contribution in [3.63, 3.8) is 0 Å². The smallest absolute Gasteiger partial charge is 0.265 e. The SMILES string of the molecule is COc1ccsc1C(=O)NCCBr. The van der Waals surface area contributed by atoms with Crippen LogP contribution >= 0.6 is 27.3 Å².